The van der Waals surface area contributed by atoms with Crippen LogP contribution in [0.3, 0.4) is 0 Å². The van der Waals surface area contributed by atoms with E-state index in [1.807, 2.05) is 13.8 Å². The Morgan fingerprint density at radius 3 is 2.52 bits per heavy atom. The highest BCUT2D eigenvalue weighted by atomic mass is 32.2. The van der Waals surface area contributed by atoms with Crippen molar-refractivity contribution in [1.29, 1.82) is 0 Å². The van der Waals surface area contributed by atoms with Gasteiger partial charge in [-0.2, -0.15) is 0 Å². The Balaban J connectivity index is 2.14. The lowest BCUT2D eigenvalue weighted by Crippen LogP contribution is -2.58. The molecule has 0 radical (unpaired) electrons. The molecule has 1 aromatic carbocycles. The second-order valence-corrected chi connectivity index (χ2v) is 7.43. The van der Waals surface area contributed by atoms with E-state index < -0.39 is 11.5 Å². The summed E-state index contributed by atoms with van der Waals surface area (Å²) in [6, 6.07) is 6.51. The van der Waals surface area contributed by atoms with E-state index in [-0.39, 0.29) is 12.0 Å². The Kier molecular flexibility index (Phi) is 4.99. The summed E-state index contributed by atoms with van der Waals surface area (Å²) in [4.78, 5) is 13.1. The van der Waals surface area contributed by atoms with Gasteiger partial charge in [-0.05, 0) is 69.7 Å². The van der Waals surface area contributed by atoms with Crippen molar-refractivity contribution in [3.05, 3.63) is 29.3 Å². The van der Waals surface area contributed by atoms with Crippen LogP contribution in [0.2, 0.25) is 0 Å². The highest BCUT2D eigenvalue weighted by molar-refractivity contribution is 7.99. The lowest BCUT2D eigenvalue weighted by molar-refractivity contribution is -0.145. The normalized spacial score (nSPS) is 17.8. The maximum Gasteiger partial charge on any atom is 0.325 e. The van der Waals surface area contributed by atoms with Gasteiger partial charge in [0.05, 0.1) is 0 Å². The summed E-state index contributed by atoms with van der Waals surface area (Å²) in [5.41, 5.74) is 1.73. The number of thioether (sulfide) groups is 1. The van der Waals surface area contributed by atoms with Crippen LogP contribution >= 0.6 is 11.8 Å². The third kappa shape index (κ3) is 3.80. The average molecular weight is 307 g/mol. The first-order chi connectivity index (χ1) is 9.85. The lowest BCUT2D eigenvalue weighted by Gasteiger charge is -2.32. The van der Waals surface area contributed by atoms with Crippen molar-refractivity contribution < 1.29 is 9.90 Å². The molecule has 0 amide bonds. The maximum absolute atomic E-state index is 11.9. The number of aliphatic carboxylic acids is 1. The highest BCUT2D eigenvalue weighted by Crippen LogP contribution is 2.43. The zero-order valence-electron chi connectivity index (χ0n) is 13.3. The Hall–Kier alpha value is -1.00. The van der Waals surface area contributed by atoms with E-state index in [0.29, 0.717) is 5.75 Å². The molecule has 1 aromatic rings. The molecule has 0 bridgehead atoms. The van der Waals surface area contributed by atoms with Gasteiger partial charge in [0.15, 0.2) is 0 Å². The molecule has 1 aliphatic rings. The summed E-state index contributed by atoms with van der Waals surface area (Å²) in [6.07, 6.45) is 2.03. The fourth-order valence-corrected chi connectivity index (χ4v) is 3.93. The Labute approximate surface area is 131 Å². The van der Waals surface area contributed by atoms with Crippen LogP contribution in [0.5, 0.6) is 0 Å². The summed E-state index contributed by atoms with van der Waals surface area (Å²) in [5.74, 6) is 0.125. The summed E-state index contributed by atoms with van der Waals surface area (Å²) in [7, 11) is 0. The van der Waals surface area contributed by atoms with E-state index in [4.69, 9.17) is 0 Å². The molecule has 21 heavy (non-hydrogen) atoms. The second-order valence-electron chi connectivity index (χ2n) is 6.38. The van der Waals surface area contributed by atoms with Gasteiger partial charge in [0, 0.05) is 16.7 Å². The minimum absolute atomic E-state index is 0.169. The molecule has 4 heteroatoms. The number of hydrogen-bond donors (Lipinski definition) is 2. The topological polar surface area (TPSA) is 49.3 Å². The quantitative estimate of drug-likeness (QED) is 0.755. The standard InChI is InChI=1S/C17H25NO2S/c1-11(2)18-17(16(19)20,14-6-7-14)10-21-15-8-5-12(3)13(4)9-15/h5,8-9,11,14,18H,6-7,10H2,1-4H3,(H,19,20). The van der Waals surface area contributed by atoms with E-state index in [9.17, 15) is 9.90 Å². The minimum Gasteiger partial charge on any atom is -0.480 e. The van der Waals surface area contributed by atoms with Crippen LogP contribution in [0.1, 0.15) is 37.8 Å². The number of hydrogen-bond acceptors (Lipinski definition) is 3. The van der Waals surface area contributed by atoms with Gasteiger partial charge in [-0.15, -0.1) is 11.8 Å². The number of carboxylic acids is 1. The average Bonchev–Trinajstić information content (AvgIpc) is 3.22. The fourth-order valence-electron chi connectivity index (χ4n) is 2.67. The van der Waals surface area contributed by atoms with E-state index in [2.05, 4.69) is 37.4 Å². The van der Waals surface area contributed by atoms with Crippen molar-refractivity contribution in [3.63, 3.8) is 0 Å². The highest BCUT2D eigenvalue weighted by Gasteiger charge is 2.51. The van der Waals surface area contributed by atoms with Crippen LogP contribution in [0.4, 0.5) is 0 Å². The number of carbonyl (C=O) groups is 1. The van der Waals surface area contributed by atoms with Gasteiger partial charge in [0.2, 0.25) is 0 Å². The minimum atomic E-state index is -0.794. The predicted octanol–water partition coefficient (Wildman–Crippen LogP) is 3.63. The molecule has 1 fully saturated rings. The largest absolute Gasteiger partial charge is 0.480 e. The monoisotopic (exact) mass is 307 g/mol. The van der Waals surface area contributed by atoms with Crippen molar-refractivity contribution in [3.8, 4) is 0 Å². The predicted molar refractivity (Wildman–Crippen MR) is 88.0 cm³/mol. The molecule has 3 nitrogen and oxygen atoms in total. The smallest absolute Gasteiger partial charge is 0.325 e. The molecule has 0 saturated heterocycles. The molecule has 2 N–H and O–H groups in total. The van der Waals surface area contributed by atoms with Gasteiger partial charge in [-0.3, -0.25) is 10.1 Å². The molecule has 1 atom stereocenters. The van der Waals surface area contributed by atoms with Crippen LogP contribution in [0, 0.1) is 19.8 Å². The molecule has 0 aliphatic heterocycles. The van der Waals surface area contributed by atoms with Crippen LogP contribution in [0.15, 0.2) is 23.1 Å². The maximum atomic E-state index is 11.9. The van der Waals surface area contributed by atoms with Gasteiger partial charge in [0.25, 0.3) is 0 Å². The lowest BCUT2D eigenvalue weighted by atomic mass is 9.94. The first kappa shape index (κ1) is 16.4. The molecule has 0 heterocycles. The van der Waals surface area contributed by atoms with Crippen LogP contribution < -0.4 is 5.32 Å². The van der Waals surface area contributed by atoms with Crippen LogP contribution in [0.25, 0.3) is 0 Å². The molecule has 0 spiro atoms. The molecule has 1 unspecified atom stereocenters. The molecule has 116 valence electrons. The van der Waals surface area contributed by atoms with Gasteiger partial charge in [-0.1, -0.05) is 6.07 Å². The van der Waals surface area contributed by atoms with Gasteiger partial charge in [-0.25, -0.2) is 0 Å². The van der Waals surface area contributed by atoms with E-state index in [1.165, 1.54) is 11.1 Å². The Morgan fingerprint density at radius 1 is 1.38 bits per heavy atom. The van der Waals surface area contributed by atoms with E-state index >= 15 is 0 Å². The van der Waals surface area contributed by atoms with Crippen LogP contribution in [-0.2, 0) is 4.79 Å². The second kappa shape index (κ2) is 6.41. The zero-order valence-corrected chi connectivity index (χ0v) is 14.1. The van der Waals surface area contributed by atoms with Crippen LogP contribution in [-0.4, -0.2) is 28.4 Å². The molecular weight excluding hydrogens is 282 g/mol. The van der Waals surface area contributed by atoms with Crippen molar-refractivity contribution >= 4 is 17.7 Å². The third-order valence-electron chi connectivity index (χ3n) is 4.15. The van der Waals surface area contributed by atoms with Crippen molar-refractivity contribution in [2.24, 2.45) is 5.92 Å². The van der Waals surface area contributed by atoms with Gasteiger partial charge < -0.3 is 5.11 Å². The fraction of sp³-hybridized carbons (Fsp3) is 0.588. The third-order valence-corrected chi connectivity index (χ3v) is 5.33. The molecule has 0 aromatic heterocycles. The number of aryl methyl sites for hydroxylation is 2. The molecular formula is C17H25NO2S. The number of carboxylic acid groups (broad SMARTS) is 1. The Bertz CT molecular complexity index is 526. The molecule has 1 saturated carbocycles. The summed E-state index contributed by atoms with van der Waals surface area (Å²) in [6.45, 7) is 8.22. The summed E-state index contributed by atoms with van der Waals surface area (Å²) < 4.78 is 0. The van der Waals surface area contributed by atoms with Crippen molar-refractivity contribution in [2.45, 2.75) is 57.0 Å². The van der Waals surface area contributed by atoms with Crippen molar-refractivity contribution in [1.82, 2.24) is 5.32 Å². The van der Waals surface area contributed by atoms with E-state index in [1.54, 1.807) is 11.8 Å². The Morgan fingerprint density at radius 2 is 2.05 bits per heavy atom. The SMILES string of the molecule is Cc1ccc(SCC(NC(C)C)(C(=O)O)C2CC2)cc1C. The zero-order chi connectivity index (χ0) is 15.6. The summed E-state index contributed by atoms with van der Waals surface area (Å²) in [5, 5.41) is 13.1. The number of rotatable bonds is 7. The number of benzene rings is 1. The van der Waals surface area contributed by atoms with Crippen molar-refractivity contribution in [2.75, 3.05) is 5.75 Å². The summed E-state index contributed by atoms with van der Waals surface area (Å²) >= 11 is 1.65. The molecule has 1 aliphatic carbocycles. The van der Waals surface area contributed by atoms with Gasteiger partial charge >= 0.3 is 5.97 Å². The first-order valence-corrected chi connectivity index (χ1v) is 8.55. The molecule has 2 rings (SSSR count). The van der Waals surface area contributed by atoms with E-state index in [0.717, 1.165) is 17.7 Å². The number of nitrogens with one attached hydrogen (secondary N) is 1. The first-order valence-electron chi connectivity index (χ1n) is 7.56. The van der Waals surface area contributed by atoms with Gasteiger partial charge in [0.1, 0.15) is 5.54 Å².